The number of aromatic nitrogens is 1. The van der Waals surface area contributed by atoms with Gasteiger partial charge in [0.15, 0.2) is 0 Å². The topological polar surface area (TPSA) is 79.8 Å². The zero-order valence-corrected chi connectivity index (χ0v) is 8.41. The molecule has 84 valence electrons. The summed E-state index contributed by atoms with van der Waals surface area (Å²) in [5.74, 6) is -0.411. The summed E-state index contributed by atoms with van der Waals surface area (Å²) < 4.78 is 24.7. The van der Waals surface area contributed by atoms with E-state index >= 15 is 0 Å². The molecule has 0 aliphatic carbocycles. The summed E-state index contributed by atoms with van der Waals surface area (Å²) in [5.41, 5.74) is -2.12. The molecule has 1 heterocycles. The highest BCUT2D eigenvalue weighted by Gasteiger charge is 2.24. The average Bonchev–Trinajstić information content (AvgIpc) is 2.26. The number of rotatable bonds is 3. The molecule has 0 radical (unpaired) electrons. The van der Waals surface area contributed by atoms with Crippen molar-refractivity contribution in [3.8, 4) is 6.07 Å². The Balaban J connectivity index is 3.51. The molecule has 5 nitrogen and oxygen atoms in total. The van der Waals surface area contributed by atoms with Gasteiger partial charge in [-0.15, -0.1) is 11.6 Å². The first-order valence-corrected chi connectivity index (χ1v) is 4.47. The minimum absolute atomic E-state index is 0.332. The molecule has 0 spiro atoms. The Hall–Kier alpha value is -1.81. The predicted octanol–water partition coefficient (Wildman–Crippen LogP) is 2.54. The van der Waals surface area contributed by atoms with Gasteiger partial charge >= 0.3 is 5.69 Å². The standard InChI is InChI=1S/C8H4ClF2N3O2/c9-2-6-7(14(15)16)4(3-12)1-5(13-6)8(10)11/h1,8H,2H2. The molecule has 0 N–H and O–H groups in total. The van der Waals surface area contributed by atoms with Crippen LogP contribution in [-0.2, 0) is 5.88 Å². The number of hydrogen-bond acceptors (Lipinski definition) is 4. The smallest absolute Gasteiger partial charge is 0.258 e. The minimum Gasteiger partial charge on any atom is -0.258 e. The molecule has 0 saturated heterocycles. The van der Waals surface area contributed by atoms with E-state index in [2.05, 4.69) is 4.98 Å². The lowest BCUT2D eigenvalue weighted by Gasteiger charge is -2.04. The van der Waals surface area contributed by atoms with E-state index in [0.717, 1.165) is 0 Å². The van der Waals surface area contributed by atoms with Crippen LogP contribution in [0.2, 0.25) is 0 Å². The fourth-order valence-corrected chi connectivity index (χ4v) is 1.29. The Labute approximate surface area is 93.4 Å². The van der Waals surface area contributed by atoms with Gasteiger partial charge in [-0.05, 0) is 6.07 Å². The highest BCUT2D eigenvalue weighted by Crippen LogP contribution is 2.27. The summed E-state index contributed by atoms with van der Waals surface area (Å²) in [6.07, 6.45) is -2.91. The van der Waals surface area contributed by atoms with Crippen LogP contribution in [0.3, 0.4) is 0 Å². The van der Waals surface area contributed by atoms with Gasteiger partial charge in [0.2, 0.25) is 0 Å². The lowest BCUT2D eigenvalue weighted by molar-refractivity contribution is -0.386. The minimum atomic E-state index is -2.91. The number of halogens is 3. The third kappa shape index (κ3) is 2.23. The van der Waals surface area contributed by atoms with Crippen LogP contribution in [0.4, 0.5) is 14.5 Å². The monoisotopic (exact) mass is 247 g/mol. The molecular formula is C8H4ClF2N3O2. The fraction of sp³-hybridized carbons (Fsp3) is 0.250. The molecule has 0 aliphatic rings. The molecule has 0 aromatic carbocycles. The number of nitrogens with zero attached hydrogens (tertiary/aromatic N) is 3. The van der Waals surface area contributed by atoms with Gasteiger partial charge in [-0.3, -0.25) is 10.1 Å². The van der Waals surface area contributed by atoms with E-state index in [1.807, 2.05) is 0 Å². The fourth-order valence-electron chi connectivity index (χ4n) is 1.11. The Bertz CT molecular complexity index is 473. The zero-order chi connectivity index (χ0) is 12.3. The molecule has 1 aromatic heterocycles. The van der Waals surface area contributed by atoms with Crippen LogP contribution in [0.25, 0.3) is 0 Å². The lowest BCUT2D eigenvalue weighted by Crippen LogP contribution is -2.03. The largest absolute Gasteiger partial charge is 0.309 e. The summed E-state index contributed by atoms with van der Waals surface area (Å²) in [6, 6.07) is 2.17. The van der Waals surface area contributed by atoms with Gasteiger partial charge in [0.1, 0.15) is 23.0 Å². The van der Waals surface area contributed by atoms with E-state index in [1.165, 1.54) is 6.07 Å². The highest BCUT2D eigenvalue weighted by atomic mass is 35.5. The van der Waals surface area contributed by atoms with E-state index in [0.29, 0.717) is 6.07 Å². The first-order chi connectivity index (χ1) is 7.51. The van der Waals surface area contributed by atoms with Crippen LogP contribution >= 0.6 is 11.6 Å². The van der Waals surface area contributed by atoms with Crippen molar-refractivity contribution >= 4 is 17.3 Å². The number of hydrogen-bond donors (Lipinski definition) is 0. The second kappa shape index (κ2) is 4.81. The Morgan fingerprint density at radius 2 is 2.31 bits per heavy atom. The van der Waals surface area contributed by atoms with E-state index in [1.54, 1.807) is 0 Å². The second-order valence-electron chi connectivity index (χ2n) is 2.69. The van der Waals surface area contributed by atoms with Crippen molar-refractivity contribution in [1.29, 1.82) is 5.26 Å². The maximum atomic E-state index is 12.3. The molecule has 16 heavy (non-hydrogen) atoms. The zero-order valence-electron chi connectivity index (χ0n) is 7.65. The summed E-state index contributed by atoms with van der Waals surface area (Å²) in [5, 5.41) is 19.2. The Kier molecular flexibility index (Phi) is 3.68. The van der Waals surface area contributed by atoms with Crippen LogP contribution in [-0.4, -0.2) is 9.91 Å². The van der Waals surface area contributed by atoms with Gasteiger partial charge in [0.05, 0.1) is 10.8 Å². The second-order valence-corrected chi connectivity index (χ2v) is 2.96. The molecule has 0 amide bonds. The molecule has 8 heteroatoms. The molecule has 0 aliphatic heterocycles. The van der Waals surface area contributed by atoms with Crippen molar-refractivity contribution in [2.75, 3.05) is 0 Å². The quantitative estimate of drug-likeness (QED) is 0.467. The van der Waals surface area contributed by atoms with E-state index < -0.39 is 34.2 Å². The van der Waals surface area contributed by atoms with Gasteiger partial charge in [-0.25, -0.2) is 13.8 Å². The van der Waals surface area contributed by atoms with Crippen LogP contribution < -0.4 is 0 Å². The lowest BCUT2D eigenvalue weighted by atomic mass is 10.1. The number of pyridine rings is 1. The van der Waals surface area contributed by atoms with Crippen molar-refractivity contribution in [1.82, 2.24) is 4.98 Å². The third-order valence-electron chi connectivity index (χ3n) is 1.74. The molecular weight excluding hydrogens is 244 g/mol. The molecule has 0 fully saturated rings. The Morgan fingerprint density at radius 3 is 2.69 bits per heavy atom. The summed E-state index contributed by atoms with van der Waals surface area (Å²) >= 11 is 5.36. The number of nitro groups is 1. The first-order valence-electron chi connectivity index (χ1n) is 3.93. The maximum Gasteiger partial charge on any atom is 0.309 e. The molecule has 0 unspecified atom stereocenters. The normalized spacial score (nSPS) is 10.2. The van der Waals surface area contributed by atoms with Crippen LogP contribution in [0.1, 0.15) is 23.4 Å². The molecule has 0 bridgehead atoms. The van der Waals surface area contributed by atoms with Gasteiger partial charge in [-0.1, -0.05) is 0 Å². The van der Waals surface area contributed by atoms with Crippen molar-refractivity contribution < 1.29 is 13.7 Å². The van der Waals surface area contributed by atoms with Gasteiger partial charge in [0, 0.05) is 0 Å². The third-order valence-corrected chi connectivity index (χ3v) is 1.99. The Morgan fingerprint density at radius 1 is 1.69 bits per heavy atom. The van der Waals surface area contributed by atoms with E-state index in [4.69, 9.17) is 16.9 Å². The van der Waals surface area contributed by atoms with Crippen LogP contribution in [0.5, 0.6) is 0 Å². The van der Waals surface area contributed by atoms with Crippen molar-refractivity contribution in [3.05, 3.63) is 33.1 Å². The first kappa shape index (κ1) is 12.3. The van der Waals surface area contributed by atoms with Crippen molar-refractivity contribution in [2.45, 2.75) is 12.3 Å². The van der Waals surface area contributed by atoms with Crippen molar-refractivity contribution in [2.24, 2.45) is 0 Å². The van der Waals surface area contributed by atoms with Crippen molar-refractivity contribution in [3.63, 3.8) is 0 Å². The average molecular weight is 248 g/mol. The predicted molar refractivity (Wildman–Crippen MR) is 50.1 cm³/mol. The summed E-state index contributed by atoms with van der Waals surface area (Å²) in [6.45, 7) is 0. The van der Waals surface area contributed by atoms with Gasteiger partial charge in [0.25, 0.3) is 6.43 Å². The highest BCUT2D eigenvalue weighted by molar-refractivity contribution is 6.17. The molecule has 0 atom stereocenters. The molecule has 1 aromatic rings. The molecule has 1 rings (SSSR count). The SMILES string of the molecule is N#Cc1cc(C(F)F)nc(CCl)c1[N+](=O)[O-]. The summed E-state index contributed by atoms with van der Waals surface area (Å²) in [4.78, 5) is 13.1. The van der Waals surface area contributed by atoms with Gasteiger partial charge < -0.3 is 0 Å². The van der Waals surface area contributed by atoms with E-state index in [-0.39, 0.29) is 5.69 Å². The number of alkyl halides is 3. The van der Waals surface area contributed by atoms with E-state index in [9.17, 15) is 18.9 Å². The number of nitriles is 1. The van der Waals surface area contributed by atoms with Crippen LogP contribution in [0, 0.1) is 21.4 Å². The summed E-state index contributed by atoms with van der Waals surface area (Å²) in [7, 11) is 0. The molecule has 0 saturated carbocycles. The van der Waals surface area contributed by atoms with Gasteiger partial charge in [-0.2, -0.15) is 5.26 Å². The van der Waals surface area contributed by atoms with Crippen LogP contribution in [0.15, 0.2) is 6.07 Å². The maximum absolute atomic E-state index is 12.3.